The number of amides is 1. The van der Waals surface area contributed by atoms with Crippen molar-refractivity contribution in [2.45, 2.75) is 160 Å². The number of fused-ring (bicyclic) bond motifs is 4. The van der Waals surface area contributed by atoms with Gasteiger partial charge < -0.3 is 59.2 Å². The lowest BCUT2D eigenvalue weighted by Crippen LogP contribution is -2.43. The van der Waals surface area contributed by atoms with Crippen LogP contribution < -0.4 is 30.2 Å². The molecular formula is C90H102ClF4N23O10. The number of hydrogen-bond acceptors (Lipinski definition) is 27. The Morgan fingerprint density at radius 3 is 1.08 bits per heavy atom. The van der Waals surface area contributed by atoms with Crippen molar-refractivity contribution in [3.05, 3.63) is 168 Å². The first-order chi connectivity index (χ1) is 61.9. The smallest absolute Gasteiger partial charge is 0.410 e. The Labute approximate surface area is 740 Å². The van der Waals surface area contributed by atoms with Gasteiger partial charge in [-0.2, -0.15) is 0 Å². The number of pyridine rings is 4. The van der Waals surface area contributed by atoms with Crippen LogP contribution in [-0.4, -0.2) is 234 Å². The first-order valence-corrected chi connectivity index (χ1v) is 43.9. The number of carboxylic acids is 1. The lowest BCUT2D eigenvalue weighted by atomic mass is 9.93. The Kier molecular flexibility index (Phi) is 27.3. The van der Waals surface area contributed by atoms with Gasteiger partial charge in [-0.25, -0.2) is 101 Å². The van der Waals surface area contributed by atoms with Gasteiger partial charge >= 0.3 is 30.0 Å². The highest BCUT2D eigenvalue weighted by Gasteiger charge is 2.39. The third-order valence-electron chi connectivity index (χ3n) is 24.1. The van der Waals surface area contributed by atoms with E-state index in [9.17, 15) is 46.6 Å². The van der Waals surface area contributed by atoms with Crippen molar-refractivity contribution in [2.24, 2.45) is 17.8 Å². The van der Waals surface area contributed by atoms with Gasteiger partial charge in [-0.3, -0.25) is 17.6 Å². The summed E-state index contributed by atoms with van der Waals surface area (Å²) in [6.07, 6.45) is 26.3. The molecule has 7 atom stereocenters. The fourth-order valence-corrected chi connectivity index (χ4v) is 18.2. The van der Waals surface area contributed by atoms with E-state index in [2.05, 4.69) is 40.5 Å². The molecular weight excluding hydrogens is 1670 g/mol. The zero-order valence-electron chi connectivity index (χ0n) is 72.1. The molecule has 38 heteroatoms. The number of halogens is 5. The average molecular weight is 1780 g/mol. The van der Waals surface area contributed by atoms with Gasteiger partial charge in [0.1, 0.15) is 127 Å². The van der Waals surface area contributed by atoms with E-state index in [1.165, 1.54) is 70.4 Å². The van der Waals surface area contributed by atoms with Gasteiger partial charge in [-0.1, -0.05) is 11.6 Å². The van der Waals surface area contributed by atoms with Crippen molar-refractivity contribution < 1.29 is 65.6 Å². The molecule has 1 amide bonds. The summed E-state index contributed by atoms with van der Waals surface area (Å²) in [5.74, 6) is 2.00. The zero-order valence-corrected chi connectivity index (χ0v) is 72.8. The Morgan fingerprint density at radius 2 is 0.742 bits per heavy atom. The summed E-state index contributed by atoms with van der Waals surface area (Å²) in [4.78, 5) is 126. The predicted octanol–water partition coefficient (Wildman–Crippen LogP) is 12.1. The number of nitrogens with one attached hydrogen (secondary N) is 2. The van der Waals surface area contributed by atoms with Crippen LogP contribution >= 0.6 is 11.6 Å². The Morgan fingerprint density at radius 1 is 0.422 bits per heavy atom. The van der Waals surface area contributed by atoms with E-state index in [-0.39, 0.29) is 52.7 Å². The maximum Gasteiger partial charge on any atom is 0.410 e. The van der Waals surface area contributed by atoms with Crippen LogP contribution in [0.1, 0.15) is 128 Å². The molecule has 12 aromatic heterocycles. The fraction of sp³-hybridized carbons (Fsp3) is 0.456. The lowest BCUT2D eigenvalue weighted by molar-refractivity contribution is -0.142. The van der Waals surface area contributed by atoms with E-state index in [0.29, 0.717) is 162 Å². The number of imidazole rings is 4. The first-order valence-electron chi connectivity index (χ1n) is 43.5. The third kappa shape index (κ3) is 20.5. The number of aromatic nitrogens is 16. The maximum absolute atomic E-state index is 14.1. The van der Waals surface area contributed by atoms with Crippen LogP contribution in [0.2, 0.25) is 5.15 Å². The van der Waals surface area contributed by atoms with Gasteiger partial charge in [0.25, 0.3) is 0 Å². The van der Waals surface area contributed by atoms with Crippen LogP contribution in [-0.2, 0) is 57.4 Å². The number of nitrogens with zero attached hydrogens (tertiary/aromatic N) is 21. The predicted molar refractivity (Wildman–Crippen MR) is 468 cm³/mol. The van der Waals surface area contributed by atoms with Crippen molar-refractivity contribution in [3.8, 4) is 46.1 Å². The molecule has 128 heavy (non-hydrogen) atoms. The SMILES string of the molecule is COC(=O)[C@@H]1CCCN1c1cc(C[C@@H]2CCCN(C(=O)OC(C)(C)C)C2)nc(-c2cnc3ccc(F)cn23)n1.COC(=O)[C@@H]1CCCN1c1cc(C[C@@H]2CCCNC2)nc(-c2cnc3ccc(F)cn23)n1.COC(=O)[C@@H]1CCCN1c1cc(Cl)nc(-c2cnc3ccc(F)cn23)n1.O=C(O)[C@@H]1CCCN1c1cc(C[C@@H]2CCCNC2)nc(-c2cnc3ccc(F)cn23)n1. The summed E-state index contributed by atoms with van der Waals surface area (Å²) in [6, 6.07) is 17.5. The van der Waals surface area contributed by atoms with Crippen molar-refractivity contribution in [1.29, 1.82) is 0 Å². The van der Waals surface area contributed by atoms with E-state index in [1.807, 2.05) is 58.6 Å². The van der Waals surface area contributed by atoms with Crippen LogP contribution in [0.3, 0.4) is 0 Å². The molecule has 12 aromatic rings. The van der Waals surface area contributed by atoms with E-state index in [4.69, 9.17) is 60.5 Å². The van der Waals surface area contributed by atoms with Crippen LogP contribution in [0.15, 0.2) is 122 Å². The average Bonchev–Trinajstić information content (AvgIpc) is 1.62. The fourth-order valence-electron chi connectivity index (χ4n) is 18.1. The van der Waals surface area contributed by atoms with Gasteiger partial charge in [0.05, 0.1) is 46.1 Å². The second-order valence-corrected chi connectivity index (χ2v) is 34.5. The number of hydrogen-bond donors (Lipinski definition) is 3. The molecule has 33 nitrogen and oxygen atoms in total. The summed E-state index contributed by atoms with van der Waals surface area (Å²) >= 11 is 6.19. The molecule has 0 aliphatic carbocycles. The van der Waals surface area contributed by atoms with Crippen LogP contribution in [0, 0.1) is 41.0 Å². The third-order valence-corrected chi connectivity index (χ3v) is 24.3. The molecule has 0 saturated carbocycles. The van der Waals surface area contributed by atoms with Crippen molar-refractivity contribution in [3.63, 3.8) is 0 Å². The van der Waals surface area contributed by atoms with E-state index in [0.717, 1.165) is 133 Å². The Hall–Kier alpha value is -12.6. The topological polar surface area (TPSA) is 355 Å². The highest BCUT2D eigenvalue weighted by atomic mass is 35.5. The second-order valence-electron chi connectivity index (χ2n) is 34.2. The minimum Gasteiger partial charge on any atom is -0.480 e. The molecule has 0 unspecified atom stereocenters. The molecule has 19 rings (SSSR count). The van der Waals surface area contributed by atoms with Crippen LogP contribution in [0.5, 0.6) is 0 Å². The van der Waals surface area contributed by atoms with Crippen molar-refractivity contribution in [1.82, 2.24) is 92.9 Å². The van der Waals surface area contributed by atoms with Crippen LogP contribution in [0.25, 0.3) is 68.7 Å². The summed E-state index contributed by atoms with van der Waals surface area (Å²) in [7, 11) is 4.17. The number of aliphatic carboxylic acids is 1. The number of carbonyl (C=O) groups is 5. The monoisotopic (exact) mass is 1780 g/mol. The normalized spacial score (nSPS) is 20.1. The highest BCUT2D eigenvalue weighted by molar-refractivity contribution is 6.29. The van der Waals surface area contributed by atoms with Crippen molar-refractivity contribution >= 4 is 87.4 Å². The van der Waals surface area contributed by atoms with Gasteiger partial charge in [-0.05, 0) is 222 Å². The molecule has 0 aromatic carbocycles. The number of methoxy groups -OCH3 is 3. The molecule has 672 valence electrons. The molecule has 0 spiro atoms. The molecule has 7 saturated heterocycles. The van der Waals surface area contributed by atoms with Crippen molar-refractivity contribution in [2.75, 3.05) is 106 Å². The Balaban J connectivity index is 0.000000126. The zero-order chi connectivity index (χ0) is 89.4. The molecule has 7 aliphatic heterocycles. The van der Waals surface area contributed by atoms with Gasteiger partial charge in [-0.15, -0.1) is 0 Å². The summed E-state index contributed by atoms with van der Waals surface area (Å²) in [5.41, 5.74) is 6.68. The molecule has 3 N–H and O–H groups in total. The highest BCUT2D eigenvalue weighted by Crippen LogP contribution is 2.37. The number of ether oxygens (including phenoxy) is 4. The largest absolute Gasteiger partial charge is 0.480 e. The molecule has 19 heterocycles. The van der Waals surface area contributed by atoms with E-state index in [1.54, 1.807) is 77.6 Å². The number of piperidine rings is 3. The quantitative estimate of drug-likeness (QED) is 0.0311. The van der Waals surface area contributed by atoms with Crippen LogP contribution in [0.4, 0.5) is 45.6 Å². The number of carboxylic acid groups (broad SMARTS) is 1. The maximum atomic E-state index is 14.1. The number of rotatable bonds is 18. The number of esters is 3. The van der Waals surface area contributed by atoms with Gasteiger partial charge in [0.2, 0.25) is 0 Å². The van der Waals surface area contributed by atoms with Gasteiger partial charge in [0, 0.05) is 105 Å². The molecule has 0 bridgehead atoms. The minimum atomic E-state index is -0.840. The number of carbonyl (C=O) groups excluding carboxylic acids is 4. The minimum absolute atomic E-state index is 0.177. The number of likely N-dealkylation sites (tertiary alicyclic amines) is 1. The standard InChI is InChI=1S/C28H35FN6O4.C23H27FN6O2.C22H25FN6O2.C17H15ClFN5O2/c1-28(2,3)39-27(37)33-11-5-7-18(16-33)13-20-14-24(34-12-6-8-21(34)26(36)38-4)32-25(31-20)22-15-30-23-10-9-19(29)17-35(22)23;1-32-23(31)18-5-3-9-29(18)21-11-17(10-15-4-2-8-25-12-15)27-22(28-21)19-13-26-20-7-6-16(24)14-30(19)20;23-15-5-6-19-25-12-18(29(19)13-15)21-26-16(9-14-3-1-7-24-11-14)10-20(27-21)28-8-2-4-17(28)22(30)31;1-26-17(25)11-3-2-6-23(11)15-7-13(18)21-16(22-15)12-8-20-14-5-4-10(19)9-24(12)14/h9-10,14-15,17-18,21H,5-8,11-13,16H2,1-4H3;6-7,11,13-15,18,25H,2-5,8-10,12H2,1H3;5-6,10,12-14,17,24H,1-4,7-9,11H2,(H,30,31);4-5,7-9,11H,2-3,6H2,1H3/t18-,21-;15-,18-;14-,17-;11-/m0000/s1. The first kappa shape index (κ1) is 88.8. The second kappa shape index (κ2) is 39.3. The van der Waals surface area contributed by atoms with E-state index >= 15 is 0 Å². The summed E-state index contributed by atoms with van der Waals surface area (Å²) in [6.45, 7) is 13.5. The molecule has 7 fully saturated rings. The Bertz CT molecular complexity index is 6040. The van der Waals surface area contributed by atoms with Gasteiger partial charge in [0.15, 0.2) is 23.3 Å². The summed E-state index contributed by atoms with van der Waals surface area (Å²) in [5, 5.41) is 16.8. The summed E-state index contributed by atoms with van der Waals surface area (Å²) < 4.78 is 82.6. The molecule has 7 aliphatic rings. The van der Waals surface area contributed by atoms with E-state index < -0.39 is 41.3 Å². The molecule has 0 radical (unpaired) electrons. The lowest BCUT2D eigenvalue weighted by Gasteiger charge is -2.34. The number of anilines is 4.